The molecule has 2 heterocycles. The van der Waals surface area contributed by atoms with Crippen LogP contribution >= 0.6 is 11.3 Å². The number of nitrogens with zero attached hydrogens (tertiary/aromatic N) is 1. The summed E-state index contributed by atoms with van der Waals surface area (Å²) < 4.78 is 0. The van der Waals surface area contributed by atoms with E-state index in [9.17, 15) is 14.7 Å². The molecule has 3 atom stereocenters. The van der Waals surface area contributed by atoms with Gasteiger partial charge in [0.15, 0.2) is 0 Å². The molecule has 1 aromatic heterocycles. The lowest BCUT2D eigenvalue weighted by atomic mass is 9.84. The summed E-state index contributed by atoms with van der Waals surface area (Å²) in [5, 5.41) is 11.4. The summed E-state index contributed by atoms with van der Waals surface area (Å²) in [4.78, 5) is 26.7. The Hall–Kier alpha value is -1.36. The van der Waals surface area contributed by atoms with Crippen molar-refractivity contribution < 1.29 is 14.7 Å². The van der Waals surface area contributed by atoms with Gasteiger partial charge in [-0.3, -0.25) is 4.79 Å². The lowest BCUT2D eigenvalue weighted by Gasteiger charge is -2.33. The van der Waals surface area contributed by atoms with Crippen LogP contribution in [0.2, 0.25) is 0 Å². The van der Waals surface area contributed by atoms with Crippen molar-refractivity contribution in [3.63, 3.8) is 0 Å². The molecular weight excluding hydrogens is 274 g/mol. The number of thiophene rings is 1. The van der Waals surface area contributed by atoms with E-state index >= 15 is 0 Å². The van der Waals surface area contributed by atoms with Gasteiger partial charge in [-0.15, -0.1) is 11.3 Å². The van der Waals surface area contributed by atoms with Crippen molar-refractivity contribution >= 4 is 23.2 Å². The van der Waals surface area contributed by atoms with E-state index < -0.39 is 12.0 Å². The van der Waals surface area contributed by atoms with E-state index in [1.807, 2.05) is 17.5 Å². The van der Waals surface area contributed by atoms with Gasteiger partial charge in [0.05, 0.1) is 6.42 Å². The van der Waals surface area contributed by atoms with Gasteiger partial charge in [-0.2, -0.15) is 0 Å². The summed E-state index contributed by atoms with van der Waals surface area (Å²) in [6, 6.07) is 3.40. The molecule has 4 nitrogen and oxygen atoms in total. The molecule has 20 heavy (non-hydrogen) atoms. The molecule has 1 aromatic rings. The van der Waals surface area contributed by atoms with Crippen molar-refractivity contribution in [3.8, 4) is 0 Å². The summed E-state index contributed by atoms with van der Waals surface area (Å²) in [5.41, 5.74) is 0. The van der Waals surface area contributed by atoms with E-state index in [1.54, 1.807) is 16.2 Å². The van der Waals surface area contributed by atoms with Crippen molar-refractivity contribution in [2.24, 2.45) is 5.92 Å². The van der Waals surface area contributed by atoms with Gasteiger partial charge in [0, 0.05) is 10.9 Å². The van der Waals surface area contributed by atoms with Gasteiger partial charge in [-0.1, -0.05) is 18.9 Å². The van der Waals surface area contributed by atoms with Crippen LogP contribution in [0, 0.1) is 5.92 Å². The fourth-order valence-electron chi connectivity index (χ4n) is 3.69. The fourth-order valence-corrected chi connectivity index (χ4v) is 4.39. The van der Waals surface area contributed by atoms with Crippen LogP contribution in [-0.4, -0.2) is 34.0 Å². The average molecular weight is 293 g/mol. The van der Waals surface area contributed by atoms with Crippen LogP contribution in [0.5, 0.6) is 0 Å². The van der Waals surface area contributed by atoms with Gasteiger partial charge in [0.2, 0.25) is 5.91 Å². The summed E-state index contributed by atoms with van der Waals surface area (Å²) in [5.74, 6) is -0.481. The molecule has 1 N–H and O–H groups in total. The summed E-state index contributed by atoms with van der Waals surface area (Å²) in [6.45, 7) is 0. The van der Waals surface area contributed by atoms with E-state index in [4.69, 9.17) is 0 Å². The molecule has 1 aliphatic heterocycles. The van der Waals surface area contributed by atoms with Crippen molar-refractivity contribution in [3.05, 3.63) is 22.4 Å². The smallest absolute Gasteiger partial charge is 0.326 e. The number of carbonyl (C=O) groups is 2. The van der Waals surface area contributed by atoms with E-state index in [1.165, 1.54) is 6.42 Å². The molecule has 108 valence electrons. The van der Waals surface area contributed by atoms with Crippen molar-refractivity contribution in [1.82, 2.24) is 4.90 Å². The number of amides is 1. The lowest BCUT2D eigenvalue weighted by molar-refractivity contribution is -0.149. The highest BCUT2D eigenvalue weighted by molar-refractivity contribution is 7.10. The second kappa shape index (κ2) is 5.56. The summed E-state index contributed by atoms with van der Waals surface area (Å²) in [6.07, 6.45) is 5.28. The molecule has 3 unspecified atom stereocenters. The first-order chi connectivity index (χ1) is 9.66. The quantitative estimate of drug-likeness (QED) is 0.931. The predicted octanol–water partition coefficient (Wildman–Crippen LogP) is 2.53. The third-order valence-corrected chi connectivity index (χ3v) is 5.44. The molecule has 0 radical (unpaired) electrons. The van der Waals surface area contributed by atoms with Gasteiger partial charge in [-0.25, -0.2) is 4.79 Å². The zero-order chi connectivity index (χ0) is 14.1. The van der Waals surface area contributed by atoms with Crippen LogP contribution in [0.3, 0.4) is 0 Å². The average Bonchev–Trinajstić information content (AvgIpc) is 3.04. The standard InChI is InChI=1S/C15H19NO3S/c17-14(9-11-5-3-7-20-11)16-12-6-2-1-4-10(12)8-13(16)15(18)19/h3,5,7,10,12-13H,1-2,4,6,8-9H2,(H,18,19). The molecule has 0 aromatic carbocycles. The highest BCUT2D eigenvalue weighted by atomic mass is 32.1. The number of fused-ring (bicyclic) bond motifs is 1. The highest BCUT2D eigenvalue weighted by Crippen LogP contribution is 2.40. The first-order valence-electron chi connectivity index (χ1n) is 7.23. The lowest BCUT2D eigenvalue weighted by Crippen LogP contribution is -2.46. The number of hydrogen-bond donors (Lipinski definition) is 1. The number of hydrogen-bond acceptors (Lipinski definition) is 3. The second-order valence-corrected chi connectivity index (χ2v) is 6.79. The monoisotopic (exact) mass is 293 g/mol. The third-order valence-electron chi connectivity index (χ3n) is 4.57. The number of carboxylic acid groups (broad SMARTS) is 1. The molecule has 1 saturated heterocycles. The molecule has 5 heteroatoms. The summed E-state index contributed by atoms with van der Waals surface area (Å²) >= 11 is 1.55. The number of carboxylic acids is 1. The second-order valence-electron chi connectivity index (χ2n) is 5.76. The van der Waals surface area contributed by atoms with E-state index in [-0.39, 0.29) is 11.9 Å². The predicted molar refractivity (Wildman–Crippen MR) is 76.7 cm³/mol. The summed E-state index contributed by atoms with van der Waals surface area (Å²) in [7, 11) is 0. The van der Waals surface area contributed by atoms with Gasteiger partial charge >= 0.3 is 5.97 Å². The molecule has 1 amide bonds. The first kappa shape index (κ1) is 13.6. The number of rotatable bonds is 3. The Morgan fingerprint density at radius 1 is 1.35 bits per heavy atom. The minimum absolute atomic E-state index is 0.0192. The van der Waals surface area contributed by atoms with Crippen LogP contribution in [0.25, 0.3) is 0 Å². The molecule has 1 saturated carbocycles. The van der Waals surface area contributed by atoms with E-state index in [0.717, 1.165) is 24.1 Å². The normalized spacial score (nSPS) is 29.2. The molecule has 2 aliphatic rings. The zero-order valence-electron chi connectivity index (χ0n) is 11.3. The number of aliphatic carboxylic acids is 1. The van der Waals surface area contributed by atoms with Crippen LogP contribution in [0.4, 0.5) is 0 Å². The van der Waals surface area contributed by atoms with Crippen LogP contribution in [-0.2, 0) is 16.0 Å². The Bertz CT molecular complexity index is 499. The highest BCUT2D eigenvalue weighted by Gasteiger charge is 2.47. The maximum Gasteiger partial charge on any atom is 0.326 e. The minimum Gasteiger partial charge on any atom is -0.480 e. The Kier molecular flexibility index (Phi) is 3.78. The Labute approximate surface area is 122 Å². The first-order valence-corrected chi connectivity index (χ1v) is 8.11. The van der Waals surface area contributed by atoms with Crippen molar-refractivity contribution in [1.29, 1.82) is 0 Å². The van der Waals surface area contributed by atoms with Gasteiger partial charge in [-0.05, 0) is 36.6 Å². The van der Waals surface area contributed by atoms with E-state index in [0.29, 0.717) is 18.8 Å². The molecule has 3 rings (SSSR count). The number of carbonyl (C=O) groups excluding carboxylic acids is 1. The SMILES string of the molecule is O=C(O)C1CC2CCCCC2N1C(=O)Cc1cccs1. The third kappa shape index (κ3) is 2.46. The maximum atomic E-state index is 12.6. The molecular formula is C15H19NO3S. The Morgan fingerprint density at radius 2 is 2.15 bits per heavy atom. The number of likely N-dealkylation sites (tertiary alicyclic amines) is 1. The Balaban J connectivity index is 1.79. The van der Waals surface area contributed by atoms with Gasteiger partial charge in [0.1, 0.15) is 6.04 Å². The topological polar surface area (TPSA) is 57.6 Å². The molecule has 0 spiro atoms. The van der Waals surface area contributed by atoms with E-state index in [2.05, 4.69) is 0 Å². The van der Waals surface area contributed by atoms with Crippen molar-refractivity contribution in [2.75, 3.05) is 0 Å². The largest absolute Gasteiger partial charge is 0.480 e. The maximum absolute atomic E-state index is 12.6. The van der Waals surface area contributed by atoms with Gasteiger partial charge in [0.25, 0.3) is 0 Å². The van der Waals surface area contributed by atoms with Gasteiger partial charge < -0.3 is 10.0 Å². The molecule has 2 fully saturated rings. The van der Waals surface area contributed by atoms with Crippen molar-refractivity contribution in [2.45, 2.75) is 50.6 Å². The fraction of sp³-hybridized carbons (Fsp3) is 0.600. The Morgan fingerprint density at radius 3 is 2.85 bits per heavy atom. The minimum atomic E-state index is -0.848. The van der Waals surface area contributed by atoms with Crippen LogP contribution in [0.1, 0.15) is 37.0 Å². The zero-order valence-corrected chi connectivity index (χ0v) is 12.1. The van der Waals surface area contributed by atoms with Crippen LogP contribution in [0.15, 0.2) is 17.5 Å². The molecule has 1 aliphatic carbocycles. The van der Waals surface area contributed by atoms with Crippen LogP contribution < -0.4 is 0 Å². The molecule has 0 bridgehead atoms.